The minimum absolute atomic E-state index is 0.139. The molecule has 0 aliphatic rings. The fourth-order valence-electron chi connectivity index (χ4n) is 4.56. The predicted molar refractivity (Wildman–Crippen MR) is 172 cm³/mol. The van der Waals surface area contributed by atoms with Gasteiger partial charge in [-0.3, -0.25) is 4.79 Å². The van der Waals surface area contributed by atoms with E-state index >= 15 is 0 Å². The molecule has 3 rings (SSSR count). The Balaban J connectivity index is 1.41. The van der Waals surface area contributed by atoms with Crippen molar-refractivity contribution in [2.45, 2.75) is 91.1 Å². The molecule has 236 valence electrons. The lowest BCUT2D eigenvalue weighted by atomic mass is 10.0. The van der Waals surface area contributed by atoms with E-state index in [-0.39, 0.29) is 18.0 Å². The van der Waals surface area contributed by atoms with Gasteiger partial charge in [0.05, 0.1) is 30.4 Å². The number of ether oxygens (including phenoxy) is 4. The highest BCUT2D eigenvalue weighted by molar-refractivity contribution is 5.92. The average molecular weight is 603 g/mol. The highest BCUT2D eigenvalue weighted by atomic mass is 16.5. The summed E-state index contributed by atoms with van der Waals surface area (Å²) < 4.78 is 22.0. The summed E-state index contributed by atoms with van der Waals surface area (Å²) in [5.74, 6) is 0.0798. The number of benzene rings is 3. The van der Waals surface area contributed by atoms with Crippen molar-refractivity contribution >= 4 is 17.9 Å². The fourth-order valence-corrected chi connectivity index (χ4v) is 4.56. The summed E-state index contributed by atoms with van der Waals surface area (Å²) in [6.45, 7) is 7.00. The molecule has 0 saturated carbocycles. The van der Waals surface area contributed by atoms with Gasteiger partial charge in [-0.1, -0.05) is 70.2 Å². The van der Waals surface area contributed by atoms with Gasteiger partial charge < -0.3 is 18.9 Å². The Morgan fingerprint density at radius 2 is 1.18 bits per heavy atom. The SMILES string of the molecule is CCCCCCC(C)OC(=O)c1ccc(OC(=O)c2ccc(-c3ccc(OCCCOC(=O)CCCCC)cc3)cc2)cc1. The van der Waals surface area contributed by atoms with E-state index in [2.05, 4.69) is 13.8 Å². The lowest BCUT2D eigenvalue weighted by molar-refractivity contribution is -0.144. The zero-order valence-corrected chi connectivity index (χ0v) is 26.3. The summed E-state index contributed by atoms with van der Waals surface area (Å²) in [4.78, 5) is 36.8. The van der Waals surface area contributed by atoms with Crippen molar-refractivity contribution in [1.29, 1.82) is 0 Å². The third-order valence-corrected chi connectivity index (χ3v) is 7.19. The summed E-state index contributed by atoms with van der Waals surface area (Å²) in [5.41, 5.74) is 2.77. The first kappa shape index (κ1) is 34.4. The Morgan fingerprint density at radius 3 is 1.84 bits per heavy atom. The second-order valence-corrected chi connectivity index (χ2v) is 11.0. The summed E-state index contributed by atoms with van der Waals surface area (Å²) in [6.07, 6.45) is 9.37. The molecule has 0 fully saturated rings. The zero-order chi connectivity index (χ0) is 31.6. The van der Waals surface area contributed by atoms with Gasteiger partial charge in [-0.2, -0.15) is 0 Å². The van der Waals surface area contributed by atoms with Gasteiger partial charge in [-0.05, 0) is 85.8 Å². The Kier molecular flexibility index (Phi) is 15.0. The number of carbonyl (C=O) groups is 3. The first-order chi connectivity index (χ1) is 21.4. The summed E-state index contributed by atoms with van der Waals surface area (Å²) in [5, 5.41) is 0. The molecule has 3 aromatic rings. The molecule has 44 heavy (non-hydrogen) atoms. The van der Waals surface area contributed by atoms with E-state index in [9.17, 15) is 14.4 Å². The lowest BCUT2D eigenvalue weighted by Crippen LogP contribution is -2.15. The van der Waals surface area contributed by atoms with E-state index in [1.807, 2.05) is 43.3 Å². The molecular weight excluding hydrogens is 556 g/mol. The molecule has 1 atom stereocenters. The van der Waals surface area contributed by atoms with Gasteiger partial charge in [-0.15, -0.1) is 0 Å². The third kappa shape index (κ3) is 12.2. The highest BCUT2D eigenvalue weighted by Gasteiger charge is 2.14. The van der Waals surface area contributed by atoms with E-state index in [4.69, 9.17) is 18.9 Å². The Hall–Kier alpha value is -4.13. The second kappa shape index (κ2) is 19.2. The Labute approximate surface area is 261 Å². The monoisotopic (exact) mass is 602 g/mol. The Bertz CT molecular complexity index is 1280. The van der Waals surface area contributed by atoms with Crippen LogP contribution in [-0.2, 0) is 14.3 Å². The van der Waals surface area contributed by atoms with Gasteiger partial charge >= 0.3 is 17.9 Å². The number of unbranched alkanes of at least 4 members (excludes halogenated alkanes) is 5. The molecule has 0 spiro atoms. The summed E-state index contributed by atoms with van der Waals surface area (Å²) in [7, 11) is 0. The van der Waals surface area contributed by atoms with Crippen LogP contribution >= 0.6 is 0 Å². The molecule has 0 radical (unpaired) electrons. The van der Waals surface area contributed by atoms with Crippen LogP contribution in [0, 0.1) is 0 Å². The van der Waals surface area contributed by atoms with Crippen LogP contribution in [0.5, 0.6) is 11.5 Å². The molecular formula is C37H46O7. The summed E-state index contributed by atoms with van der Waals surface area (Å²) >= 11 is 0. The van der Waals surface area contributed by atoms with Crippen molar-refractivity contribution in [3.05, 3.63) is 83.9 Å². The van der Waals surface area contributed by atoms with Crippen LogP contribution in [-0.4, -0.2) is 37.2 Å². The fraction of sp³-hybridized carbons (Fsp3) is 0.432. The van der Waals surface area contributed by atoms with Crippen molar-refractivity contribution in [3.8, 4) is 22.6 Å². The minimum Gasteiger partial charge on any atom is -0.493 e. The zero-order valence-electron chi connectivity index (χ0n) is 26.3. The molecule has 0 aliphatic carbocycles. The largest absolute Gasteiger partial charge is 0.493 e. The van der Waals surface area contributed by atoms with Gasteiger partial charge in [-0.25, -0.2) is 9.59 Å². The van der Waals surface area contributed by atoms with Crippen LogP contribution in [0.4, 0.5) is 0 Å². The first-order valence-corrected chi connectivity index (χ1v) is 15.9. The van der Waals surface area contributed by atoms with Crippen LogP contribution < -0.4 is 9.47 Å². The Morgan fingerprint density at radius 1 is 0.614 bits per heavy atom. The van der Waals surface area contributed by atoms with Gasteiger partial charge in [0.25, 0.3) is 0 Å². The van der Waals surface area contributed by atoms with E-state index in [1.54, 1.807) is 36.4 Å². The molecule has 1 unspecified atom stereocenters. The van der Waals surface area contributed by atoms with Crippen LogP contribution in [0.2, 0.25) is 0 Å². The molecule has 0 aromatic heterocycles. The van der Waals surface area contributed by atoms with E-state index < -0.39 is 5.97 Å². The number of hydrogen-bond acceptors (Lipinski definition) is 7. The maximum atomic E-state index is 12.7. The first-order valence-electron chi connectivity index (χ1n) is 15.9. The van der Waals surface area contributed by atoms with Gasteiger partial charge in [0.15, 0.2) is 0 Å². The van der Waals surface area contributed by atoms with Crippen LogP contribution in [0.1, 0.15) is 106 Å². The lowest BCUT2D eigenvalue weighted by Gasteiger charge is -2.13. The van der Waals surface area contributed by atoms with Crippen molar-refractivity contribution in [2.75, 3.05) is 13.2 Å². The molecule has 0 bridgehead atoms. The number of rotatable bonds is 19. The van der Waals surface area contributed by atoms with Crippen molar-refractivity contribution < 1.29 is 33.3 Å². The smallest absolute Gasteiger partial charge is 0.343 e. The molecule has 0 heterocycles. The van der Waals surface area contributed by atoms with Crippen LogP contribution in [0.3, 0.4) is 0 Å². The average Bonchev–Trinajstić information content (AvgIpc) is 3.04. The van der Waals surface area contributed by atoms with Crippen LogP contribution in [0.25, 0.3) is 11.1 Å². The van der Waals surface area contributed by atoms with E-state index in [1.165, 1.54) is 12.8 Å². The molecule has 3 aromatic carbocycles. The van der Waals surface area contributed by atoms with E-state index in [0.29, 0.717) is 42.9 Å². The number of carbonyl (C=O) groups excluding carboxylic acids is 3. The third-order valence-electron chi connectivity index (χ3n) is 7.19. The number of esters is 3. The van der Waals surface area contributed by atoms with Crippen molar-refractivity contribution in [3.63, 3.8) is 0 Å². The standard InChI is InChI=1S/C37H46O7/c1-4-6-8-10-12-28(3)43-36(39)32-20-24-34(25-21-32)44-37(40)31-16-14-29(15-17-31)30-18-22-33(23-19-30)41-26-11-27-42-35(38)13-9-7-5-2/h14-25,28H,4-13,26-27H2,1-3H3. The molecule has 0 N–H and O–H groups in total. The van der Waals surface area contributed by atoms with Crippen molar-refractivity contribution in [1.82, 2.24) is 0 Å². The number of hydrogen-bond donors (Lipinski definition) is 0. The van der Waals surface area contributed by atoms with Gasteiger partial charge in [0.1, 0.15) is 11.5 Å². The topological polar surface area (TPSA) is 88.1 Å². The molecule has 7 nitrogen and oxygen atoms in total. The molecule has 7 heteroatoms. The summed E-state index contributed by atoms with van der Waals surface area (Å²) in [6, 6.07) is 21.3. The van der Waals surface area contributed by atoms with Gasteiger partial charge in [0.2, 0.25) is 0 Å². The highest BCUT2D eigenvalue weighted by Crippen LogP contribution is 2.24. The van der Waals surface area contributed by atoms with Crippen LogP contribution in [0.15, 0.2) is 72.8 Å². The molecule has 0 saturated heterocycles. The quantitative estimate of drug-likeness (QED) is 0.0768. The van der Waals surface area contributed by atoms with Crippen molar-refractivity contribution in [2.24, 2.45) is 0 Å². The maximum Gasteiger partial charge on any atom is 0.343 e. The maximum absolute atomic E-state index is 12.7. The van der Waals surface area contributed by atoms with E-state index in [0.717, 1.165) is 55.4 Å². The second-order valence-electron chi connectivity index (χ2n) is 11.0. The molecule has 0 amide bonds. The molecule has 0 aliphatic heterocycles. The van der Waals surface area contributed by atoms with Gasteiger partial charge in [0, 0.05) is 12.8 Å². The predicted octanol–water partition coefficient (Wildman–Crippen LogP) is 8.98. The minimum atomic E-state index is -0.483. The normalized spacial score (nSPS) is 11.4.